The molecule has 1 unspecified atom stereocenters. The Morgan fingerprint density at radius 2 is 1.53 bits per heavy atom. The van der Waals surface area contributed by atoms with E-state index >= 15 is 0 Å². The van der Waals surface area contributed by atoms with Gasteiger partial charge in [-0.15, -0.1) is 0 Å². The normalized spacial score (nSPS) is 12.3. The summed E-state index contributed by atoms with van der Waals surface area (Å²) in [6.07, 6.45) is 2.02. The molecule has 1 atom stereocenters. The summed E-state index contributed by atoms with van der Waals surface area (Å²) in [7, 11) is 0. The molecule has 0 fully saturated rings. The number of hydrogen-bond donors (Lipinski definition) is 3. The van der Waals surface area contributed by atoms with Gasteiger partial charge in [0.1, 0.15) is 0 Å². The molecule has 0 spiro atoms. The monoisotopic (exact) mass is 243 g/mol. The highest BCUT2D eigenvalue weighted by atomic mass is 16.2. The lowest BCUT2D eigenvalue weighted by Crippen LogP contribution is -2.43. The molecule has 0 saturated heterocycles. The van der Waals surface area contributed by atoms with Crippen molar-refractivity contribution >= 4 is 11.8 Å². The van der Waals surface area contributed by atoms with Crippen molar-refractivity contribution in [3.05, 3.63) is 0 Å². The summed E-state index contributed by atoms with van der Waals surface area (Å²) in [6, 6.07) is 0.321. The molecular formula is C12H25N3O2. The van der Waals surface area contributed by atoms with Crippen LogP contribution in [0.3, 0.4) is 0 Å². The van der Waals surface area contributed by atoms with Gasteiger partial charge >= 0.3 is 0 Å². The van der Waals surface area contributed by atoms with Crippen molar-refractivity contribution in [1.29, 1.82) is 0 Å². The van der Waals surface area contributed by atoms with Crippen LogP contribution in [0.4, 0.5) is 0 Å². The van der Waals surface area contributed by atoms with Gasteiger partial charge < -0.3 is 10.6 Å². The highest BCUT2D eigenvalue weighted by Crippen LogP contribution is 1.93. The Hall–Kier alpha value is -1.10. The van der Waals surface area contributed by atoms with E-state index in [1.807, 2.05) is 20.8 Å². The van der Waals surface area contributed by atoms with E-state index in [4.69, 9.17) is 0 Å². The summed E-state index contributed by atoms with van der Waals surface area (Å²) >= 11 is 0. The van der Waals surface area contributed by atoms with Crippen LogP contribution in [-0.2, 0) is 9.59 Å². The lowest BCUT2D eigenvalue weighted by Gasteiger charge is -2.13. The Morgan fingerprint density at radius 1 is 1.00 bits per heavy atom. The molecule has 0 heterocycles. The van der Waals surface area contributed by atoms with Crippen molar-refractivity contribution in [1.82, 2.24) is 16.0 Å². The highest BCUT2D eigenvalue weighted by molar-refractivity contribution is 5.81. The van der Waals surface area contributed by atoms with E-state index in [0.717, 1.165) is 12.8 Å². The second-order valence-electron chi connectivity index (χ2n) is 4.58. The number of rotatable bonds is 8. The number of nitrogens with one attached hydrogen (secondary N) is 3. The molecule has 0 aliphatic heterocycles. The smallest absolute Gasteiger partial charge is 0.234 e. The van der Waals surface area contributed by atoms with E-state index < -0.39 is 0 Å². The molecule has 0 aromatic carbocycles. The lowest BCUT2D eigenvalue weighted by atomic mass is 10.2. The van der Waals surface area contributed by atoms with Gasteiger partial charge in [0.05, 0.1) is 13.1 Å². The van der Waals surface area contributed by atoms with Crippen molar-refractivity contribution in [2.75, 3.05) is 13.1 Å². The summed E-state index contributed by atoms with van der Waals surface area (Å²) in [4.78, 5) is 22.7. The third-order valence-electron chi connectivity index (χ3n) is 2.15. The zero-order valence-electron chi connectivity index (χ0n) is 11.3. The predicted molar refractivity (Wildman–Crippen MR) is 68.7 cm³/mol. The van der Waals surface area contributed by atoms with Crippen molar-refractivity contribution in [3.63, 3.8) is 0 Å². The zero-order chi connectivity index (χ0) is 13.3. The van der Waals surface area contributed by atoms with Crippen molar-refractivity contribution in [3.8, 4) is 0 Å². The van der Waals surface area contributed by atoms with Crippen LogP contribution in [0.15, 0.2) is 0 Å². The molecule has 100 valence electrons. The van der Waals surface area contributed by atoms with Crippen LogP contribution < -0.4 is 16.0 Å². The molecule has 0 radical (unpaired) electrons. The first-order chi connectivity index (χ1) is 7.95. The molecule has 2 amide bonds. The summed E-state index contributed by atoms with van der Waals surface area (Å²) < 4.78 is 0. The highest BCUT2D eigenvalue weighted by Gasteiger charge is 2.07. The maximum absolute atomic E-state index is 11.4. The molecule has 3 N–H and O–H groups in total. The number of amides is 2. The molecule has 17 heavy (non-hydrogen) atoms. The molecule has 5 nitrogen and oxygen atoms in total. The first-order valence-corrected chi connectivity index (χ1v) is 6.25. The quantitative estimate of drug-likeness (QED) is 0.578. The van der Waals surface area contributed by atoms with Gasteiger partial charge in [0, 0.05) is 12.1 Å². The minimum Gasteiger partial charge on any atom is -0.353 e. The Bertz CT molecular complexity index is 242. The minimum atomic E-state index is -0.0885. The van der Waals surface area contributed by atoms with E-state index in [9.17, 15) is 9.59 Å². The molecule has 0 bridgehead atoms. The van der Waals surface area contributed by atoms with E-state index in [0.29, 0.717) is 0 Å². The third-order valence-corrected chi connectivity index (χ3v) is 2.15. The summed E-state index contributed by atoms with van der Waals surface area (Å²) in [5.41, 5.74) is 0. The fourth-order valence-corrected chi connectivity index (χ4v) is 1.49. The third kappa shape index (κ3) is 9.81. The molecule has 5 heteroatoms. The standard InChI is InChI=1S/C12H25N3O2/c1-5-6-10(4)15-12(17)8-13-7-11(16)14-9(2)3/h9-10,13H,5-8H2,1-4H3,(H,14,16)(H,15,17). The fraction of sp³-hybridized carbons (Fsp3) is 0.833. The largest absolute Gasteiger partial charge is 0.353 e. The fourth-order valence-electron chi connectivity index (χ4n) is 1.49. The summed E-state index contributed by atoms with van der Waals surface area (Å²) in [5, 5.41) is 8.42. The van der Waals surface area contributed by atoms with Crippen molar-refractivity contribution < 1.29 is 9.59 Å². The van der Waals surface area contributed by atoms with Crippen LogP contribution >= 0.6 is 0 Å². The van der Waals surface area contributed by atoms with E-state index in [-0.39, 0.29) is 37.0 Å². The average molecular weight is 243 g/mol. The lowest BCUT2D eigenvalue weighted by molar-refractivity contribution is -0.121. The van der Waals surface area contributed by atoms with E-state index in [2.05, 4.69) is 22.9 Å². The second kappa shape index (κ2) is 8.98. The van der Waals surface area contributed by atoms with Gasteiger partial charge in [-0.25, -0.2) is 0 Å². The summed E-state index contributed by atoms with van der Waals surface area (Å²) in [6.45, 7) is 8.21. The molecule has 0 aromatic rings. The van der Waals surface area contributed by atoms with Gasteiger partial charge in [-0.3, -0.25) is 14.9 Å². The van der Waals surface area contributed by atoms with E-state index in [1.165, 1.54) is 0 Å². The Labute approximate surface area is 104 Å². The molecule has 0 aromatic heterocycles. The van der Waals surface area contributed by atoms with Crippen molar-refractivity contribution in [2.45, 2.75) is 52.6 Å². The minimum absolute atomic E-state index is 0.0664. The van der Waals surface area contributed by atoms with Gasteiger partial charge in [0.2, 0.25) is 11.8 Å². The molecule has 0 aliphatic carbocycles. The van der Waals surface area contributed by atoms with Gasteiger partial charge in [0.25, 0.3) is 0 Å². The van der Waals surface area contributed by atoms with Gasteiger partial charge in [-0.1, -0.05) is 13.3 Å². The van der Waals surface area contributed by atoms with Gasteiger partial charge in [0.15, 0.2) is 0 Å². The molecular weight excluding hydrogens is 218 g/mol. The Morgan fingerprint density at radius 3 is 2.00 bits per heavy atom. The number of hydrogen-bond acceptors (Lipinski definition) is 3. The topological polar surface area (TPSA) is 70.2 Å². The molecule has 0 saturated carbocycles. The zero-order valence-corrected chi connectivity index (χ0v) is 11.3. The van der Waals surface area contributed by atoms with E-state index in [1.54, 1.807) is 0 Å². The summed E-state index contributed by atoms with van der Waals surface area (Å²) in [5.74, 6) is -0.155. The average Bonchev–Trinajstić information content (AvgIpc) is 2.16. The van der Waals surface area contributed by atoms with Crippen LogP contribution in [0.25, 0.3) is 0 Å². The van der Waals surface area contributed by atoms with Crippen LogP contribution in [0.2, 0.25) is 0 Å². The predicted octanol–water partition coefficient (Wildman–Crippen LogP) is 0.405. The van der Waals surface area contributed by atoms with Gasteiger partial charge in [-0.05, 0) is 27.2 Å². The maximum Gasteiger partial charge on any atom is 0.234 e. The Kier molecular flexibility index (Phi) is 8.40. The van der Waals surface area contributed by atoms with Crippen molar-refractivity contribution in [2.24, 2.45) is 0 Å². The first-order valence-electron chi connectivity index (χ1n) is 6.25. The van der Waals surface area contributed by atoms with Crippen LogP contribution in [0, 0.1) is 0 Å². The Balaban J connectivity index is 3.60. The number of carbonyl (C=O) groups is 2. The molecule has 0 rings (SSSR count). The van der Waals surface area contributed by atoms with Crippen LogP contribution in [0.5, 0.6) is 0 Å². The number of carbonyl (C=O) groups excluding carboxylic acids is 2. The maximum atomic E-state index is 11.4. The SMILES string of the molecule is CCCC(C)NC(=O)CNCC(=O)NC(C)C. The molecule has 0 aliphatic rings. The second-order valence-corrected chi connectivity index (χ2v) is 4.58. The van der Waals surface area contributed by atoms with Crippen LogP contribution in [-0.4, -0.2) is 37.0 Å². The first kappa shape index (κ1) is 15.9. The van der Waals surface area contributed by atoms with Gasteiger partial charge in [-0.2, -0.15) is 0 Å². The van der Waals surface area contributed by atoms with Crippen LogP contribution in [0.1, 0.15) is 40.5 Å².